The van der Waals surface area contributed by atoms with Crippen LogP contribution >= 0.6 is 34.8 Å². The molecule has 2 atom stereocenters. The lowest BCUT2D eigenvalue weighted by atomic mass is 9.83. The summed E-state index contributed by atoms with van der Waals surface area (Å²) in [4.78, 5) is 40.1. The van der Waals surface area contributed by atoms with Crippen LogP contribution in [0.15, 0.2) is 48.3 Å². The van der Waals surface area contributed by atoms with E-state index in [-0.39, 0.29) is 43.2 Å². The van der Waals surface area contributed by atoms with Crippen LogP contribution in [0, 0.1) is 6.92 Å². The predicted octanol–water partition coefficient (Wildman–Crippen LogP) is 6.32. The number of rotatable bonds is 14. The van der Waals surface area contributed by atoms with Crippen molar-refractivity contribution < 1.29 is 23.8 Å². The third kappa shape index (κ3) is 8.72. The molecule has 1 N–H and O–H groups in total. The van der Waals surface area contributed by atoms with Gasteiger partial charge in [0.05, 0.1) is 21.1 Å². The number of fused-ring (bicyclic) bond motifs is 2. The fourth-order valence-corrected chi connectivity index (χ4v) is 7.53. The number of hydrogen-bond acceptors (Lipinski definition) is 8. The Balaban J connectivity index is 1.23. The average molecular weight is 743 g/mol. The lowest BCUT2D eigenvalue weighted by molar-refractivity contribution is -0.132. The van der Waals surface area contributed by atoms with Crippen molar-refractivity contribution in [2.75, 3.05) is 40.0 Å². The number of nitrogens with one attached hydrogen (secondary N) is 1. The lowest BCUT2D eigenvalue weighted by Gasteiger charge is -2.44. The summed E-state index contributed by atoms with van der Waals surface area (Å²) in [6.45, 7) is 5.96. The van der Waals surface area contributed by atoms with Gasteiger partial charge in [-0.2, -0.15) is 0 Å². The van der Waals surface area contributed by atoms with E-state index in [2.05, 4.69) is 15.3 Å². The maximum absolute atomic E-state index is 14.7. The number of benzene rings is 1. The Morgan fingerprint density at radius 2 is 1.74 bits per heavy atom. The lowest BCUT2D eigenvalue weighted by Crippen LogP contribution is -2.61. The molecule has 266 valence electrons. The summed E-state index contributed by atoms with van der Waals surface area (Å²) in [7, 11) is 1.68. The molecule has 2 amide bonds. The standard InChI is InChI=1S/C37H42Cl3N5O5/c1-22-13-30(38)36(31(39)14-22)50-12-11-49-34-9-6-24(17-42-34)29-16-27-20-44(23(2)46)21-33(43-27)35(29)37(47)45(28-7-8-28)19-25-15-26(5-4-10-48-3)41-18-32(25)40/h6,9,13-15,17-18,27-28,33,43H,4-5,7-8,10-12,16,19-21H2,1-3H3/t27-,33-/m1/s1. The zero-order chi connectivity index (χ0) is 35.4. The quantitative estimate of drug-likeness (QED) is 0.192. The van der Waals surface area contributed by atoms with Crippen molar-refractivity contribution in [3.05, 3.63) is 85.8 Å². The summed E-state index contributed by atoms with van der Waals surface area (Å²) in [5, 5.41) is 5.06. The third-order valence-corrected chi connectivity index (χ3v) is 10.2. The smallest absolute Gasteiger partial charge is 0.252 e. The van der Waals surface area contributed by atoms with Gasteiger partial charge in [0.15, 0.2) is 5.75 Å². The summed E-state index contributed by atoms with van der Waals surface area (Å²) in [6, 6.07) is 9.14. The van der Waals surface area contributed by atoms with Gasteiger partial charge in [-0.25, -0.2) is 4.98 Å². The van der Waals surface area contributed by atoms with Crippen LogP contribution in [0.25, 0.3) is 5.57 Å². The highest BCUT2D eigenvalue weighted by Gasteiger charge is 2.43. The zero-order valence-electron chi connectivity index (χ0n) is 28.5. The molecule has 0 radical (unpaired) electrons. The van der Waals surface area contributed by atoms with Crippen LogP contribution in [0.2, 0.25) is 15.1 Å². The van der Waals surface area contributed by atoms with E-state index in [4.69, 9.17) is 49.0 Å². The van der Waals surface area contributed by atoms with Gasteiger partial charge in [0.25, 0.3) is 5.91 Å². The number of amides is 2. The summed E-state index contributed by atoms with van der Waals surface area (Å²) in [6.07, 6.45) is 7.46. The molecule has 2 aliphatic heterocycles. The van der Waals surface area contributed by atoms with Crippen molar-refractivity contribution >= 4 is 52.2 Å². The maximum Gasteiger partial charge on any atom is 0.252 e. The zero-order valence-corrected chi connectivity index (χ0v) is 30.8. The van der Waals surface area contributed by atoms with E-state index in [1.165, 1.54) is 0 Å². The van der Waals surface area contributed by atoms with E-state index in [1.54, 1.807) is 44.6 Å². The molecule has 0 unspecified atom stereocenters. The monoisotopic (exact) mass is 741 g/mol. The van der Waals surface area contributed by atoms with Crippen LogP contribution in [0.5, 0.6) is 11.6 Å². The van der Waals surface area contributed by atoms with Crippen LogP contribution in [0.1, 0.15) is 55.0 Å². The number of ether oxygens (including phenoxy) is 3. The van der Waals surface area contributed by atoms with Crippen LogP contribution in [-0.4, -0.2) is 89.7 Å². The predicted molar refractivity (Wildman–Crippen MR) is 194 cm³/mol. The fourth-order valence-electron chi connectivity index (χ4n) is 6.66. The number of halogens is 3. The molecule has 13 heteroatoms. The summed E-state index contributed by atoms with van der Waals surface area (Å²) in [5.41, 5.74) is 5.18. The van der Waals surface area contributed by atoms with E-state index in [0.717, 1.165) is 53.6 Å². The second-order valence-corrected chi connectivity index (χ2v) is 14.3. The van der Waals surface area contributed by atoms with E-state index in [1.807, 2.05) is 28.9 Å². The van der Waals surface area contributed by atoms with Crippen molar-refractivity contribution in [2.24, 2.45) is 0 Å². The van der Waals surface area contributed by atoms with Gasteiger partial charge >= 0.3 is 0 Å². The number of aryl methyl sites for hydroxylation is 2. The highest BCUT2D eigenvalue weighted by atomic mass is 35.5. The summed E-state index contributed by atoms with van der Waals surface area (Å²) >= 11 is 19.3. The molecule has 10 nitrogen and oxygen atoms in total. The second kappa shape index (κ2) is 16.3. The molecule has 3 aliphatic rings. The SMILES string of the molecule is COCCCc1cc(CN(C(=O)C2=C(c3ccc(OCCOc4c(Cl)cc(C)cc4Cl)nc3)C[C@@H]3CN(C(C)=O)C[C@H]2N3)C2CC2)c(Cl)cn1. The number of pyridine rings is 2. The molecule has 1 aromatic carbocycles. The van der Waals surface area contributed by atoms with Gasteiger partial charge in [0.1, 0.15) is 13.2 Å². The topological polar surface area (TPSA) is 106 Å². The Bertz CT molecular complexity index is 1730. The number of carbonyl (C=O) groups excluding carboxylic acids is 2. The Morgan fingerprint density at radius 1 is 0.980 bits per heavy atom. The first-order valence-corrected chi connectivity index (χ1v) is 18.1. The van der Waals surface area contributed by atoms with Crippen molar-refractivity contribution in [2.45, 2.75) is 70.6 Å². The number of aromatic nitrogens is 2. The molecule has 50 heavy (non-hydrogen) atoms. The number of piperazine rings is 1. The number of hydrogen-bond donors (Lipinski definition) is 1. The van der Waals surface area contributed by atoms with Gasteiger partial charge < -0.3 is 29.3 Å². The molecule has 2 fully saturated rings. The number of nitrogens with zero attached hydrogens (tertiary/aromatic N) is 4. The molecular weight excluding hydrogens is 701 g/mol. The van der Waals surface area contributed by atoms with Crippen molar-refractivity contribution in [1.29, 1.82) is 0 Å². The average Bonchev–Trinajstić information content (AvgIpc) is 3.93. The van der Waals surface area contributed by atoms with Gasteiger partial charge in [-0.15, -0.1) is 0 Å². The van der Waals surface area contributed by atoms with Crippen LogP contribution in [0.4, 0.5) is 0 Å². The Hall–Kier alpha value is -3.41. The van der Waals surface area contributed by atoms with Gasteiger partial charge in [-0.1, -0.05) is 34.8 Å². The minimum atomic E-state index is -0.318. The summed E-state index contributed by atoms with van der Waals surface area (Å²) in [5.74, 6) is 0.795. The highest BCUT2D eigenvalue weighted by molar-refractivity contribution is 6.37. The van der Waals surface area contributed by atoms with Crippen molar-refractivity contribution in [1.82, 2.24) is 25.1 Å². The van der Waals surface area contributed by atoms with E-state index in [0.29, 0.717) is 64.9 Å². The minimum Gasteiger partial charge on any atom is -0.487 e. The van der Waals surface area contributed by atoms with Crippen LogP contribution in [-0.2, 0) is 27.3 Å². The summed E-state index contributed by atoms with van der Waals surface area (Å²) < 4.78 is 16.9. The molecule has 1 saturated heterocycles. The van der Waals surface area contributed by atoms with Crippen molar-refractivity contribution in [3.8, 4) is 11.6 Å². The molecule has 1 saturated carbocycles. The number of methoxy groups -OCH3 is 1. The van der Waals surface area contributed by atoms with Gasteiger partial charge in [0.2, 0.25) is 11.8 Å². The van der Waals surface area contributed by atoms with Gasteiger partial charge in [0, 0.05) is 82.1 Å². The number of carbonyl (C=O) groups is 2. The molecule has 0 spiro atoms. The van der Waals surface area contributed by atoms with E-state index < -0.39 is 0 Å². The van der Waals surface area contributed by atoms with Gasteiger partial charge in [-0.05, 0) is 85.6 Å². The van der Waals surface area contributed by atoms with E-state index >= 15 is 0 Å². The Labute approximate surface area is 308 Å². The first-order chi connectivity index (χ1) is 24.1. The van der Waals surface area contributed by atoms with Crippen molar-refractivity contribution in [3.63, 3.8) is 0 Å². The molecule has 1 aliphatic carbocycles. The minimum absolute atomic E-state index is 0.000522. The maximum atomic E-state index is 14.7. The van der Waals surface area contributed by atoms with Crippen LogP contribution in [0.3, 0.4) is 0 Å². The largest absolute Gasteiger partial charge is 0.487 e. The molecule has 4 heterocycles. The Morgan fingerprint density at radius 3 is 2.42 bits per heavy atom. The van der Waals surface area contributed by atoms with Gasteiger partial charge in [-0.3, -0.25) is 14.6 Å². The molecule has 6 rings (SSSR count). The fraction of sp³-hybridized carbons (Fsp3) is 0.459. The third-order valence-electron chi connectivity index (χ3n) is 9.25. The highest BCUT2D eigenvalue weighted by Crippen LogP contribution is 2.38. The molecule has 2 bridgehead atoms. The first-order valence-electron chi connectivity index (χ1n) is 17.0. The molecular formula is C37H42Cl3N5O5. The molecule has 2 aromatic heterocycles. The molecule has 3 aromatic rings. The second-order valence-electron chi connectivity index (χ2n) is 13.1. The van der Waals surface area contributed by atoms with Crippen LogP contribution < -0.4 is 14.8 Å². The van der Waals surface area contributed by atoms with E-state index in [9.17, 15) is 9.59 Å². The normalized spacial score (nSPS) is 18.6. The Kier molecular flexibility index (Phi) is 11.9. The first kappa shape index (κ1) is 36.4.